The largest absolute Gasteiger partial charge is 0.462 e. The van der Waals surface area contributed by atoms with Crippen molar-refractivity contribution in [1.82, 2.24) is 0 Å². The second-order valence-electron chi connectivity index (χ2n) is 3.28. The van der Waals surface area contributed by atoms with E-state index in [2.05, 4.69) is 4.99 Å². The summed E-state index contributed by atoms with van der Waals surface area (Å²) in [7, 11) is 0. The summed E-state index contributed by atoms with van der Waals surface area (Å²) in [6.45, 7) is 1.96. The van der Waals surface area contributed by atoms with Crippen LogP contribution < -0.4 is 5.73 Å². The molecule has 0 saturated carbocycles. The van der Waals surface area contributed by atoms with Gasteiger partial charge in [-0.25, -0.2) is 4.79 Å². The molecule has 0 heterocycles. The van der Waals surface area contributed by atoms with Gasteiger partial charge in [-0.2, -0.15) is 0 Å². The fourth-order valence-corrected chi connectivity index (χ4v) is 1.22. The van der Waals surface area contributed by atoms with Crippen LogP contribution in [0.3, 0.4) is 0 Å². The van der Waals surface area contributed by atoms with Crippen molar-refractivity contribution in [2.45, 2.75) is 6.92 Å². The summed E-state index contributed by atoms with van der Waals surface area (Å²) in [6.07, 6.45) is 3.09. The van der Waals surface area contributed by atoms with Gasteiger partial charge in [-0.3, -0.25) is 9.79 Å². The number of aldehydes is 1. The summed E-state index contributed by atoms with van der Waals surface area (Å²) >= 11 is 0. The highest BCUT2D eigenvalue weighted by Crippen LogP contribution is 2.16. The molecule has 0 bridgehead atoms. The Hall–Kier alpha value is -2.43. The van der Waals surface area contributed by atoms with Crippen LogP contribution in [0.1, 0.15) is 17.3 Å². The van der Waals surface area contributed by atoms with E-state index < -0.39 is 5.97 Å². The van der Waals surface area contributed by atoms with Gasteiger partial charge in [-0.1, -0.05) is 12.1 Å². The zero-order valence-corrected chi connectivity index (χ0v) is 10.00. The lowest BCUT2D eigenvalue weighted by Gasteiger charge is -2.01. The topological polar surface area (TPSA) is 81.8 Å². The highest BCUT2D eigenvalue weighted by Gasteiger charge is 2.07. The first kappa shape index (κ1) is 13.6. The molecule has 0 spiro atoms. The first-order valence-corrected chi connectivity index (χ1v) is 5.40. The third-order valence-electron chi connectivity index (χ3n) is 2.10. The molecule has 1 aromatic rings. The van der Waals surface area contributed by atoms with Crippen molar-refractivity contribution in [3.05, 3.63) is 41.6 Å². The molecule has 5 heteroatoms. The van der Waals surface area contributed by atoms with E-state index in [1.165, 1.54) is 6.21 Å². The molecule has 0 unspecified atom stereocenters. The van der Waals surface area contributed by atoms with Crippen molar-refractivity contribution in [3.8, 4) is 0 Å². The van der Waals surface area contributed by atoms with Crippen LogP contribution in [-0.2, 0) is 9.53 Å². The molecular weight excluding hydrogens is 232 g/mol. The van der Waals surface area contributed by atoms with Crippen LogP contribution in [0.15, 0.2) is 41.0 Å². The van der Waals surface area contributed by atoms with E-state index in [4.69, 9.17) is 10.5 Å². The van der Waals surface area contributed by atoms with Gasteiger partial charge < -0.3 is 10.5 Å². The Labute approximate surface area is 105 Å². The number of nitrogens with two attached hydrogens (primary N) is 1. The van der Waals surface area contributed by atoms with E-state index in [1.807, 2.05) is 0 Å². The number of esters is 1. The minimum atomic E-state index is -0.549. The lowest BCUT2D eigenvalue weighted by Crippen LogP contribution is -2.10. The molecule has 0 aliphatic heterocycles. The summed E-state index contributed by atoms with van der Waals surface area (Å²) in [6, 6.07) is 6.78. The zero-order valence-electron chi connectivity index (χ0n) is 10.00. The maximum absolute atomic E-state index is 11.4. The summed E-state index contributed by atoms with van der Waals surface area (Å²) in [5.41, 5.74) is 6.36. The second-order valence-corrected chi connectivity index (χ2v) is 3.28. The average molecular weight is 246 g/mol. The molecule has 0 aliphatic rings. The number of carbonyl (C=O) groups excluding carboxylic acids is 2. The lowest BCUT2D eigenvalue weighted by molar-refractivity contribution is -0.137. The summed E-state index contributed by atoms with van der Waals surface area (Å²) in [5, 5.41) is 0. The third-order valence-corrected chi connectivity index (χ3v) is 2.10. The fourth-order valence-electron chi connectivity index (χ4n) is 1.22. The number of benzene rings is 1. The predicted octanol–water partition coefficient (Wildman–Crippen LogP) is 1.61. The summed E-state index contributed by atoms with van der Waals surface area (Å²) in [5.74, 6) is -0.549. The number of aliphatic imine (C=N–C) groups is 1. The summed E-state index contributed by atoms with van der Waals surface area (Å²) < 4.78 is 4.79. The Bertz CT molecular complexity index is 493. The number of rotatable bonds is 5. The van der Waals surface area contributed by atoms with Gasteiger partial charge >= 0.3 is 5.97 Å². The monoisotopic (exact) mass is 246 g/mol. The van der Waals surface area contributed by atoms with Crippen LogP contribution in [-0.4, -0.2) is 25.1 Å². The van der Waals surface area contributed by atoms with Gasteiger partial charge in [0.15, 0.2) is 6.29 Å². The van der Waals surface area contributed by atoms with E-state index in [-0.39, 0.29) is 12.2 Å². The normalized spacial score (nSPS) is 11.5. The summed E-state index contributed by atoms with van der Waals surface area (Å²) in [4.78, 5) is 26.2. The van der Waals surface area contributed by atoms with Crippen LogP contribution in [0, 0.1) is 0 Å². The van der Waals surface area contributed by atoms with Gasteiger partial charge in [0, 0.05) is 18.0 Å². The number of ether oxygens (including phenoxy) is 1. The zero-order chi connectivity index (χ0) is 13.4. The molecule has 5 nitrogen and oxygen atoms in total. The molecule has 1 aromatic carbocycles. The third kappa shape index (κ3) is 3.55. The van der Waals surface area contributed by atoms with Gasteiger partial charge in [0.05, 0.1) is 17.9 Å². The van der Waals surface area contributed by atoms with Crippen molar-refractivity contribution in [1.29, 1.82) is 0 Å². The average Bonchev–Trinajstić information content (AvgIpc) is 2.40. The SMILES string of the molecule is CCOC(=O)/C(C=Nc1ccccc1C=O)=C/N. The van der Waals surface area contributed by atoms with Crippen molar-refractivity contribution >= 4 is 24.2 Å². The van der Waals surface area contributed by atoms with Crippen LogP contribution in [0.25, 0.3) is 0 Å². The second kappa shape index (κ2) is 7.01. The molecule has 2 N–H and O–H groups in total. The molecule has 18 heavy (non-hydrogen) atoms. The number of carbonyl (C=O) groups is 2. The van der Waals surface area contributed by atoms with E-state index in [9.17, 15) is 9.59 Å². The molecular formula is C13H14N2O3. The number of hydrogen-bond donors (Lipinski definition) is 1. The Morgan fingerprint density at radius 1 is 1.44 bits per heavy atom. The lowest BCUT2D eigenvalue weighted by atomic mass is 10.2. The van der Waals surface area contributed by atoms with Crippen molar-refractivity contribution < 1.29 is 14.3 Å². The van der Waals surface area contributed by atoms with Gasteiger partial charge in [0.2, 0.25) is 0 Å². The van der Waals surface area contributed by atoms with E-state index in [0.717, 1.165) is 6.20 Å². The molecule has 0 amide bonds. The van der Waals surface area contributed by atoms with Crippen LogP contribution in [0.5, 0.6) is 0 Å². The maximum atomic E-state index is 11.4. The van der Waals surface area contributed by atoms with Crippen molar-refractivity contribution in [3.63, 3.8) is 0 Å². The molecule has 0 fully saturated rings. The van der Waals surface area contributed by atoms with Crippen LogP contribution in [0.2, 0.25) is 0 Å². The van der Waals surface area contributed by atoms with E-state index in [0.29, 0.717) is 17.5 Å². The number of nitrogens with zero attached hydrogens (tertiary/aromatic N) is 1. The van der Waals surface area contributed by atoms with Crippen molar-refractivity contribution in [2.24, 2.45) is 10.7 Å². The number of para-hydroxylation sites is 1. The Morgan fingerprint density at radius 2 is 2.17 bits per heavy atom. The Morgan fingerprint density at radius 3 is 2.78 bits per heavy atom. The molecule has 0 aliphatic carbocycles. The van der Waals surface area contributed by atoms with E-state index in [1.54, 1.807) is 31.2 Å². The molecule has 0 atom stereocenters. The highest BCUT2D eigenvalue weighted by atomic mass is 16.5. The van der Waals surface area contributed by atoms with Gasteiger partial charge in [-0.05, 0) is 19.1 Å². The Kier molecular flexibility index (Phi) is 5.31. The highest BCUT2D eigenvalue weighted by molar-refractivity contribution is 6.10. The van der Waals surface area contributed by atoms with Crippen molar-refractivity contribution in [2.75, 3.05) is 6.61 Å². The standard InChI is InChI=1S/C13H14N2O3/c1-2-18-13(17)11(7-14)8-15-12-6-4-3-5-10(12)9-16/h3-9H,2,14H2,1H3/b11-7+,15-8?. The molecule has 0 saturated heterocycles. The minimum absolute atomic E-state index is 0.137. The molecule has 0 radical (unpaired) electrons. The number of hydrogen-bond acceptors (Lipinski definition) is 5. The van der Waals surface area contributed by atoms with Gasteiger partial charge in [-0.15, -0.1) is 0 Å². The minimum Gasteiger partial charge on any atom is -0.462 e. The van der Waals surface area contributed by atoms with E-state index >= 15 is 0 Å². The van der Waals surface area contributed by atoms with Gasteiger partial charge in [0.1, 0.15) is 0 Å². The first-order chi connectivity index (χ1) is 8.72. The predicted molar refractivity (Wildman–Crippen MR) is 68.9 cm³/mol. The van der Waals surface area contributed by atoms with Crippen LogP contribution in [0.4, 0.5) is 5.69 Å². The fraction of sp³-hybridized carbons (Fsp3) is 0.154. The van der Waals surface area contributed by atoms with Crippen LogP contribution >= 0.6 is 0 Å². The Balaban J connectivity index is 2.91. The first-order valence-electron chi connectivity index (χ1n) is 5.40. The molecule has 0 aromatic heterocycles. The molecule has 94 valence electrons. The smallest absolute Gasteiger partial charge is 0.341 e. The quantitative estimate of drug-likeness (QED) is 0.370. The molecule has 1 rings (SSSR count). The van der Waals surface area contributed by atoms with Gasteiger partial charge in [0.25, 0.3) is 0 Å². The maximum Gasteiger partial charge on any atom is 0.341 e.